The van der Waals surface area contributed by atoms with Crippen LogP contribution in [-0.2, 0) is 9.53 Å². The molecular weight excluding hydrogens is 433 g/mol. The van der Waals surface area contributed by atoms with Crippen LogP contribution in [0.25, 0.3) is 0 Å². The van der Waals surface area contributed by atoms with E-state index < -0.39 is 17.8 Å². The van der Waals surface area contributed by atoms with E-state index in [1.54, 1.807) is 18.9 Å². The fraction of sp³-hybridized carbons (Fsp3) is 0.522. The summed E-state index contributed by atoms with van der Waals surface area (Å²) in [5, 5.41) is 14.1. The number of carbonyl (C=O) groups is 2. The van der Waals surface area contributed by atoms with Crippen LogP contribution >= 0.6 is 11.3 Å². The number of amides is 2. The van der Waals surface area contributed by atoms with Gasteiger partial charge in [0.05, 0.1) is 17.3 Å². The summed E-state index contributed by atoms with van der Waals surface area (Å²) in [7, 11) is 1.78. The molecule has 2 atom stereocenters. The smallest absolute Gasteiger partial charge is 0.265 e. The van der Waals surface area contributed by atoms with E-state index in [4.69, 9.17) is 4.74 Å². The van der Waals surface area contributed by atoms with Gasteiger partial charge in [0.25, 0.3) is 11.8 Å². The lowest BCUT2D eigenvalue weighted by molar-refractivity contribution is -0.131. The first kappa shape index (κ1) is 22.8. The number of aromatic nitrogens is 1. The molecule has 0 bridgehead atoms. The van der Waals surface area contributed by atoms with Crippen molar-refractivity contribution in [2.75, 3.05) is 20.3 Å². The van der Waals surface area contributed by atoms with E-state index in [9.17, 15) is 19.1 Å². The maximum Gasteiger partial charge on any atom is 0.265 e. The zero-order valence-corrected chi connectivity index (χ0v) is 19.2. The standard InChI is InChI=1S/C23H28FN3O4S/c1-12-8-15(24)4-5-18(12)19(28)21(29)26-16-9-17(10-16)27(3)23(30)20-13(2)25-22(32-20)14-6-7-31-11-14/h4-5,8,14,16-17,19,28H,6-7,9-11H2,1-3H3,(H,26,29). The Labute approximate surface area is 190 Å². The third-order valence-corrected chi connectivity index (χ3v) is 7.70. The van der Waals surface area contributed by atoms with Crippen LogP contribution in [0.2, 0.25) is 0 Å². The Kier molecular flexibility index (Phi) is 6.60. The van der Waals surface area contributed by atoms with Crippen LogP contribution in [0.1, 0.15) is 62.8 Å². The molecule has 1 aromatic carbocycles. The highest BCUT2D eigenvalue weighted by molar-refractivity contribution is 7.13. The summed E-state index contributed by atoms with van der Waals surface area (Å²) in [6.07, 6.45) is 0.810. The number of carbonyl (C=O) groups excluding carboxylic acids is 2. The highest BCUT2D eigenvalue weighted by Crippen LogP contribution is 2.33. The van der Waals surface area contributed by atoms with E-state index in [0.29, 0.717) is 35.5 Å². The van der Waals surface area contributed by atoms with Gasteiger partial charge in [-0.15, -0.1) is 11.3 Å². The van der Waals surface area contributed by atoms with Gasteiger partial charge in [-0.25, -0.2) is 9.37 Å². The lowest BCUT2D eigenvalue weighted by atomic mass is 9.85. The van der Waals surface area contributed by atoms with Gasteiger partial charge in [-0.1, -0.05) is 6.07 Å². The molecule has 2 aromatic rings. The molecule has 2 amide bonds. The number of ether oxygens (including phenoxy) is 1. The second-order valence-corrected chi connectivity index (χ2v) is 9.71. The molecule has 32 heavy (non-hydrogen) atoms. The maximum absolute atomic E-state index is 13.3. The van der Waals surface area contributed by atoms with Crippen LogP contribution in [0.4, 0.5) is 4.39 Å². The molecule has 2 unspecified atom stereocenters. The Hall–Kier alpha value is -2.36. The lowest BCUT2D eigenvalue weighted by Gasteiger charge is -2.41. The third-order valence-electron chi connectivity index (χ3n) is 6.39. The van der Waals surface area contributed by atoms with Crippen molar-refractivity contribution < 1.29 is 23.8 Å². The number of benzene rings is 1. The number of halogens is 1. The topological polar surface area (TPSA) is 91.8 Å². The molecule has 172 valence electrons. The Morgan fingerprint density at radius 1 is 1.34 bits per heavy atom. The molecule has 0 radical (unpaired) electrons. The third kappa shape index (κ3) is 4.55. The number of hydrogen-bond acceptors (Lipinski definition) is 6. The number of nitrogens with one attached hydrogen (secondary N) is 1. The van der Waals surface area contributed by atoms with Gasteiger partial charge in [-0.05, 0) is 56.4 Å². The minimum atomic E-state index is -1.35. The Morgan fingerprint density at radius 3 is 2.75 bits per heavy atom. The van der Waals surface area contributed by atoms with Gasteiger partial charge in [0.1, 0.15) is 10.7 Å². The van der Waals surface area contributed by atoms with Gasteiger partial charge in [-0.3, -0.25) is 9.59 Å². The van der Waals surface area contributed by atoms with E-state index in [1.807, 2.05) is 6.92 Å². The first-order chi connectivity index (χ1) is 15.2. The summed E-state index contributed by atoms with van der Waals surface area (Å²) in [5.74, 6) is -0.709. The fourth-order valence-electron chi connectivity index (χ4n) is 4.23. The Morgan fingerprint density at radius 2 is 2.09 bits per heavy atom. The van der Waals surface area contributed by atoms with Gasteiger partial charge in [0.15, 0.2) is 6.10 Å². The molecular formula is C23H28FN3O4S. The Balaban J connectivity index is 1.31. The zero-order valence-electron chi connectivity index (χ0n) is 18.4. The summed E-state index contributed by atoms with van der Waals surface area (Å²) in [4.78, 5) is 32.4. The molecule has 2 aliphatic rings. The zero-order chi connectivity index (χ0) is 23.0. The first-order valence-electron chi connectivity index (χ1n) is 10.8. The molecule has 0 spiro atoms. The molecule has 4 rings (SSSR count). The first-order valence-corrected chi connectivity index (χ1v) is 11.6. The van der Waals surface area contributed by atoms with E-state index in [0.717, 1.165) is 23.7 Å². The molecule has 2 heterocycles. The van der Waals surface area contributed by atoms with Crippen LogP contribution in [0.3, 0.4) is 0 Å². The van der Waals surface area contributed by atoms with Crippen LogP contribution in [0.15, 0.2) is 18.2 Å². The van der Waals surface area contributed by atoms with Crippen molar-refractivity contribution in [1.82, 2.24) is 15.2 Å². The molecule has 2 N–H and O–H groups in total. The van der Waals surface area contributed by atoms with Crippen LogP contribution in [0, 0.1) is 19.7 Å². The maximum atomic E-state index is 13.3. The second-order valence-electron chi connectivity index (χ2n) is 8.68. The van der Waals surface area contributed by atoms with Gasteiger partial charge in [-0.2, -0.15) is 0 Å². The van der Waals surface area contributed by atoms with E-state index >= 15 is 0 Å². The number of nitrogens with zero attached hydrogens (tertiary/aromatic N) is 2. The van der Waals surface area contributed by atoms with Crippen molar-refractivity contribution in [3.05, 3.63) is 50.7 Å². The summed E-state index contributed by atoms with van der Waals surface area (Å²) in [6.45, 7) is 4.90. The number of rotatable bonds is 6. The van der Waals surface area contributed by atoms with Gasteiger partial charge >= 0.3 is 0 Å². The summed E-state index contributed by atoms with van der Waals surface area (Å²) in [5.41, 5.74) is 1.65. The van der Waals surface area contributed by atoms with Crippen molar-refractivity contribution in [2.24, 2.45) is 0 Å². The molecule has 1 aromatic heterocycles. The highest BCUT2D eigenvalue weighted by Gasteiger charge is 2.37. The molecule has 9 heteroatoms. The lowest BCUT2D eigenvalue weighted by Crippen LogP contribution is -2.54. The minimum Gasteiger partial charge on any atom is -0.381 e. The monoisotopic (exact) mass is 461 g/mol. The second kappa shape index (κ2) is 9.25. The SMILES string of the molecule is Cc1cc(F)ccc1C(O)C(=O)NC1CC(N(C)C(=O)c2sc(C3CCOC3)nc2C)C1. The number of aryl methyl sites for hydroxylation is 2. The van der Waals surface area contributed by atoms with E-state index in [2.05, 4.69) is 10.3 Å². The van der Waals surface area contributed by atoms with Gasteiger partial charge in [0, 0.05) is 31.7 Å². The number of aliphatic hydroxyl groups excluding tert-OH is 1. The molecule has 7 nitrogen and oxygen atoms in total. The quantitative estimate of drug-likeness (QED) is 0.690. The summed E-state index contributed by atoms with van der Waals surface area (Å²) < 4.78 is 18.7. The molecule has 1 aliphatic heterocycles. The normalized spacial score (nSPS) is 23.5. The van der Waals surface area contributed by atoms with E-state index in [-0.39, 0.29) is 23.9 Å². The molecule has 2 fully saturated rings. The van der Waals surface area contributed by atoms with Crippen molar-refractivity contribution >= 4 is 23.2 Å². The molecule has 1 saturated heterocycles. The largest absolute Gasteiger partial charge is 0.381 e. The molecule has 1 aliphatic carbocycles. The fourth-order valence-corrected chi connectivity index (χ4v) is 5.40. The van der Waals surface area contributed by atoms with Crippen LogP contribution in [0.5, 0.6) is 0 Å². The predicted octanol–water partition coefficient (Wildman–Crippen LogP) is 2.86. The number of aliphatic hydroxyl groups is 1. The van der Waals surface area contributed by atoms with Crippen LogP contribution < -0.4 is 5.32 Å². The van der Waals surface area contributed by atoms with E-state index in [1.165, 1.54) is 29.5 Å². The average Bonchev–Trinajstić information content (AvgIpc) is 3.38. The van der Waals surface area contributed by atoms with Gasteiger partial charge < -0.3 is 20.1 Å². The average molecular weight is 462 g/mol. The summed E-state index contributed by atoms with van der Waals surface area (Å²) >= 11 is 1.45. The van der Waals surface area contributed by atoms with Crippen LogP contribution in [-0.4, -0.2) is 59.1 Å². The highest BCUT2D eigenvalue weighted by atomic mass is 32.1. The molecule has 1 saturated carbocycles. The Bertz CT molecular complexity index is 1010. The number of hydrogen-bond donors (Lipinski definition) is 2. The minimum absolute atomic E-state index is 0.0114. The van der Waals surface area contributed by atoms with Gasteiger partial charge in [0.2, 0.25) is 0 Å². The number of thiazole rings is 1. The van der Waals surface area contributed by atoms with Crippen molar-refractivity contribution in [3.8, 4) is 0 Å². The predicted molar refractivity (Wildman–Crippen MR) is 118 cm³/mol. The van der Waals surface area contributed by atoms with Crippen molar-refractivity contribution in [3.63, 3.8) is 0 Å². The van der Waals surface area contributed by atoms with Crippen molar-refractivity contribution in [2.45, 2.75) is 57.2 Å². The summed E-state index contributed by atoms with van der Waals surface area (Å²) in [6, 6.07) is 3.84. The van der Waals surface area contributed by atoms with Crippen molar-refractivity contribution in [1.29, 1.82) is 0 Å².